The summed E-state index contributed by atoms with van der Waals surface area (Å²) in [5, 5.41) is 3.10. The maximum Gasteiger partial charge on any atom is 0.227 e. The van der Waals surface area contributed by atoms with Crippen LogP contribution in [-0.2, 0) is 4.79 Å². The zero-order valence-electron chi connectivity index (χ0n) is 15.1. The minimum absolute atomic E-state index is 0.00554. The van der Waals surface area contributed by atoms with E-state index in [0.717, 1.165) is 22.6 Å². The van der Waals surface area contributed by atoms with E-state index in [1.165, 1.54) is 0 Å². The summed E-state index contributed by atoms with van der Waals surface area (Å²) in [6.45, 7) is 8.08. The van der Waals surface area contributed by atoms with E-state index in [2.05, 4.69) is 28.7 Å². The number of imidazole rings is 1. The standard InChI is InChI=1S/C20H24N4O/c1-13(2)24-18(23-17-11-8-12-21-19(17)24)15(4)22-20(25)14(3)16-9-6-5-7-10-16/h5-15H,1-4H3,(H,22,25)/t14-,15+/m1/s1. The maximum absolute atomic E-state index is 12.7. The van der Waals surface area contributed by atoms with Gasteiger partial charge in [0.15, 0.2) is 5.65 Å². The monoisotopic (exact) mass is 336 g/mol. The van der Waals surface area contributed by atoms with E-state index in [9.17, 15) is 4.79 Å². The number of carbonyl (C=O) groups excluding carboxylic acids is 1. The Hall–Kier alpha value is -2.69. The summed E-state index contributed by atoms with van der Waals surface area (Å²) >= 11 is 0. The summed E-state index contributed by atoms with van der Waals surface area (Å²) in [5.74, 6) is 0.616. The van der Waals surface area contributed by atoms with E-state index in [-0.39, 0.29) is 23.9 Å². The number of hydrogen-bond donors (Lipinski definition) is 1. The number of hydrogen-bond acceptors (Lipinski definition) is 3. The third-order valence-corrected chi connectivity index (χ3v) is 4.43. The Kier molecular flexibility index (Phi) is 4.83. The van der Waals surface area contributed by atoms with Crippen molar-refractivity contribution in [2.45, 2.75) is 45.7 Å². The number of nitrogens with one attached hydrogen (secondary N) is 1. The summed E-state index contributed by atoms with van der Waals surface area (Å²) in [4.78, 5) is 21.8. The van der Waals surface area contributed by atoms with Gasteiger partial charge in [0, 0.05) is 12.2 Å². The lowest BCUT2D eigenvalue weighted by Gasteiger charge is -2.20. The van der Waals surface area contributed by atoms with E-state index in [0.29, 0.717) is 0 Å². The summed E-state index contributed by atoms with van der Waals surface area (Å²) in [5.41, 5.74) is 2.71. The molecule has 2 atom stereocenters. The van der Waals surface area contributed by atoms with Gasteiger partial charge in [0.2, 0.25) is 5.91 Å². The van der Waals surface area contributed by atoms with Gasteiger partial charge >= 0.3 is 0 Å². The topological polar surface area (TPSA) is 59.8 Å². The highest BCUT2D eigenvalue weighted by Crippen LogP contribution is 2.24. The molecule has 130 valence electrons. The van der Waals surface area contributed by atoms with E-state index >= 15 is 0 Å². The van der Waals surface area contributed by atoms with Crippen LogP contribution in [0.5, 0.6) is 0 Å². The lowest BCUT2D eigenvalue weighted by atomic mass is 10.0. The second kappa shape index (κ2) is 7.05. The van der Waals surface area contributed by atoms with E-state index in [1.807, 2.05) is 56.3 Å². The number of pyridine rings is 1. The number of benzene rings is 1. The third kappa shape index (κ3) is 3.40. The van der Waals surface area contributed by atoms with Crippen molar-refractivity contribution < 1.29 is 4.79 Å². The molecule has 2 aromatic heterocycles. The minimum atomic E-state index is -0.210. The van der Waals surface area contributed by atoms with Crippen LogP contribution >= 0.6 is 0 Å². The zero-order valence-corrected chi connectivity index (χ0v) is 15.1. The summed E-state index contributed by atoms with van der Waals surface area (Å²) in [7, 11) is 0. The molecule has 0 fully saturated rings. The molecule has 0 spiro atoms. The zero-order chi connectivity index (χ0) is 18.0. The first kappa shape index (κ1) is 17.1. The normalized spacial score (nSPS) is 13.8. The van der Waals surface area contributed by atoms with Gasteiger partial charge < -0.3 is 9.88 Å². The highest BCUT2D eigenvalue weighted by molar-refractivity contribution is 5.83. The average molecular weight is 336 g/mol. The fourth-order valence-electron chi connectivity index (χ4n) is 3.06. The minimum Gasteiger partial charge on any atom is -0.346 e. The Morgan fingerprint density at radius 1 is 1.04 bits per heavy atom. The third-order valence-electron chi connectivity index (χ3n) is 4.43. The molecule has 1 amide bonds. The van der Waals surface area contributed by atoms with E-state index in [1.54, 1.807) is 6.20 Å². The lowest BCUT2D eigenvalue weighted by Crippen LogP contribution is -2.32. The van der Waals surface area contributed by atoms with Gasteiger partial charge in [0.1, 0.15) is 11.3 Å². The molecule has 0 aliphatic carbocycles. The molecular weight excluding hydrogens is 312 g/mol. The van der Waals surface area contributed by atoms with Crippen LogP contribution in [0.2, 0.25) is 0 Å². The first-order chi connectivity index (χ1) is 12.0. The van der Waals surface area contributed by atoms with Crippen molar-refractivity contribution in [2.24, 2.45) is 0 Å². The largest absolute Gasteiger partial charge is 0.346 e. The summed E-state index contributed by atoms with van der Waals surface area (Å²) in [6.07, 6.45) is 1.77. The Balaban J connectivity index is 1.86. The Bertz CT molecular complexity index is 870. The van der Waals surface area contributed by atoms with Crippen LogP contribution in [0.15, 0.2) is 48.7 Å². The van der Waals surface area contributed by atoms with Gasteiger partial charge in [-0.2, -0.15) is 0 Å². The van der Waals surface area contributed by atoms with Crippen LogP contribution < -0.4 is 5.32 Å². The Morgan fingerprint density at radius 3 is 2.44 bits per heavy atom. The molecule has 0 unspecified atom stereocenters. The fourth-order valence-corrected chi connectivity index (χ4v) is 3.06. The quantitative estimate of drug-likeness (QED) is 0.766. The smallest absolute Gasteiger partial charge is 0.227 e. The molecule has 0 bridgehead atoms. The molecule has 3 aromatic rings. The first-order valence-corrected chi connectivity index (χ1v) is 8.67. The number of aromatic nitrogens is 3. The number of rotatable bonds is 5. The molecule has 2 heterocycles. The van der Waals surface area contributed by atoms with Crippen LogP contribution in [0.1, 0.15) is 57.1 Å². The maximum atomic E-state index is 12.7. The highest BCUT2D eigenvalue weighted by atomic mass is 16.1. The number of carbonyl (C=O) groups is 1. The SMILES string of the molecule is CC(C)n1c([C@H](C)NC(=O)[C@H](C)c2ccccc2)nc2cccnc21. The molecule has 0 aliphatic rings. The highest BCUT2D eigenvalue weighted by Gasteiger charge is 2.23. The predicted molar refractivity (Wildman–Crippen MR) is 99.3 cm³/mol. The van der Waals surface area contributed by atoms with Gasteiger partial charge in [0.05, 0.1) is 12.0 Å². The van der Waals surface area contributed by atoms with Crippen molar-refractivity contribution in [1.82, 2.24) is 19.9 Å². The Morgan fingerprint density at radius 2 is 1.76 bits per heavy atom. The van der Waals surface area contributed by atoms with Gasteiger partial charge in [-0.25, -0.2) is 9.97 Å². The number of amides is 1. The van der Waals surface area contributed by atoms with Crippen LogP contribution in [0, 0.1) is 0 Å². The van der Waals surface area contributed by atoms with Crippen LogP contribution in [0.4, 0.5) is 0 Å². The molecule has 1 N–H and O–H groups in total. The van der Waals surface area contributed by atoms with Crippen molar-refractivity contribution >= 4 is 17.1 Å². The molecule has 1 aromatic carbocycles. The van der Waals surface area contributed by atoms with Crippen molar-refractivity contribution in [3.8, 4) is 0 Å². The van der Waals surface area contributed by atoms with Crippen LogP contribution in [0.3, 0.4) is 0 Å². The summed E-state index contributed by atoms with van der Waals surface area (Å²) in [6, 6.07) is 13.6. The Labute approximate surface area is 148 Å². The van der Waals surface area contributed by atoms with Gasteiger partial charge in [-0.3, -0.25) is 4.79 Å². The van der Waals surface area contributed by atoms with Crippen molar-refractivity contribution in [3.63, 3.8) is 0 Å². The van der Waals surface area contributed by atoms with Crippen LogP contribution in [-0.4, -0.2) is 20.4 Å². The average Bonchev–Trinajstić information content (AvgIpc) is 3.01. The molecule has 5 heteroatoms. The summed E-state index contributed by atoms with van der Waals surface area (Å²) < 4.78 is 2.09. The predicted octanol–water partition coefficient (Wildman–Crippen LogP) is 3.99. The lowest BCUT2D eigenvalue weighted by molar-refractivity contribution is -0.122. The van der Waals surface area contributed by atoms with Crippen LogP contribution in [0.25, 0.3) is 11.2 Å². The molecule has 0 aliphatic heterocycles. The van der Waals surface area contributed by atoms with E-state index < -0.39 is 0 Å². The van der Waals surface area contributed by atoms with Crippen molar-refractivity contribution in [3.05, 3.63) is 60.0 Å². The second-order valence-corrected chi connectivity index (χ2v) is 6.64. The molecule has 3 rings (SSSR count). The van der Waals surface area contributed by atoms with Crippen molar-refractivity contribution in [2.75, 3.05) is 0 Å². The number of nitrogens with zero attached hydrogens (tertiary/aromatic N) is 3. The van der Waals surface area contributed by atoms with Gasteiger partial charge in [-0.15, -0.1) is 0 Å². The first-order valence-electron chi connectivity index (χ1n) is 8.67. The molecule has 25 heavy (non-hydrogen) atoms. The van der Waals surface area contributed by atoms with Crippen molar-refractivity contribution in [1.29, 1.82) is 0 Å². The molecule has 5 nitrogen and oxygen atoms in total. The van der Waals surface area contributed by atoms with E-state index in [4.69, 9.17) is 4.98 Å². The van der Waals surface area contributed by atoms with Gasteiger partial charge in [-0.05, 0) is 45.4 Å². The second-order valence-electron chi connectivity index (χ2n) is 6.64. The van der Waals surface area contributed by atoms with Gasteiger partial charge in [-0.1, -0.05) is 30.3 Å². The molecule has 0 saturated carbocycles. The molecule has 0 radical (unpaired) electrons. The molecule has 0 saturated heterocycles. The fraction of sp³-hybridized carbons (Fsp3) is 0.350. The number of fused-ring (bicyclic) bond motifs is 1. The van der Waals surface area contributed by atoms with Gasteiger partial charge in [0.25, 0.3) is 0 Å². The molecular formula is C20H24N4O.